The van der Waals surface area contributed by atoms with Gasteiger partial charge >= 0.3 is 6.09 Å². The van der Waals surface area contributed by atoms with Crippen LogP contribution >= 0.6 is 0 Å². The molecule has 2 fully saturated rings. The molecule has 5 unspecified atom stereocenters. The minimum Gasteiger partial charge on any atom is -0.445 e. The van der Waals surface area contributed by atoms with E-state index in [1.165, 1.54) is 6.08 Å². The van der Waals surface area contributed by atoms with E-state index in [9.17, 15) is 24.0 Å². The van der Waals surface area contributed by atoms with Crippen molar-refractivity contribution in [3.05, 3.63) is 48.0 Å². The van der Waals surface area contributed by atoms with E-state index >= 15 is 0 Å². The smallest absolute Gasteiger partial charge is 0.408 e. The molecule has 0 radical (unpaired) electrons. The van der Waals surface area contributed by atoms with Crippen LogP contribution < -0.4 is 21.3 Å². The molecule has 1 aromatic carbocycles. The second-order valence-electron chi connectivity index (χ2n) is 13.5. The first-order chi connectivity index (χ1) is 21.2. The third kappa shape index (κ3) is 12.7. The number of rotatable bonds is 16. The first-order valence-corrected chi connectivity index (χ1v) is 16.0. The minimum atomic E-state index is -1.16. The van der Waals surface area contributed by atoms with E-state index in [0.717, 1.165) is 18.4 Å². The van der Waals surface area contributed by atoms with Gasteiger partial charge < -0.3 is 30.7 Å². The minimum absolute atomic E-state index is 0.0121. The SMILES string of the molecule is CC(C)CC(NC(=O)C(NC(=O)OCc1ccccc1)C(C)OC(C)(C)C)C(=O)NC(C=CC(=O)C1CC1)CC1CCNC1=O. The van der Waals surface area contributed by atoms with Crippen molar-refractivity contribution in [2.75, 3.05) is 6.54 Å². The molecule has 5 atom stereocenters. The van der Waals surface area contributed by atoms with Crippen LogP contribution in [0.1, 0.15) is 79.2 Å². The highest BCUT2D eigenvalue weighted by Gasteiger charge is 2.35. The molecular formula is C34H50N4O7. The van der Waals surface area contributed by atoms with Crippen molar-refractivity contribution in [1.82, 2.24) is 21.3 Å². The molecule has 1 aromatic rings. The Bertz CT molecular complexity index is 1210. The Hall–Kier alpha value is -3.73. The van der Waals surface area contributed by atoms with Gasteiger partial charge in [0.25, 0.3) is 0 Å². The fraction of sp³-hybridized carbons (Fsp3) is 0.618. The molecule has 0 bridgehead atoms. The third-order valence-electron chi connectivity index (χ3n) is 7.62. The Kier molecular flexibility index (Phi) is 13.1. The molecule has 1 heterocycles. The van der Waals surface area contributed by atoms with Crippen molar-refractivity contribution in [2.45, 2.75) is 110 Å². The molecule has 1 aliphatic heterocycles. The number of hydrogen-bond acceptors (Lipinski definition) is 7. The topological polar surface area (TPSA) is 152 Å². The van der Waals surface area contributed by atoms with Crippen molar-refractivity contribution >= 4 is 29.6 Å². The Balaban J connectivity index is 1.74. The van der Waals surface area contributed by atoms with Crippen molar-refractivity contribution in [3.63, 3.8) is 0 Å². The number of ketones is 1. The van der Waals surface area contributed by atoms with Gasteiger partial charge in [0.1, 0.15) is 18.7 Å². The zero-order valence-electron chi connectivity index (χ0n) is 27.4. The predicted molar refractivity (Wildman–Crippen MR) is 170 cm³/mol. The summed E-state index contributed by atoms with van der Waals surface area (Å²) in [5, 5.41) is 11.2. The molecule has 248 valence electrons. The largest absolute Gasteiger partial charge is 0.445 e. The number of carbonyl (C=O) groups excluding carboxylic acids is 5. The molecule has 1 aliphatic carbocycles. The number of nitrogens with one attached hydrogen (secondary N) is 4. The van der Waals surface area contributed by atoms with Gasteiger partial charge in [-0.15, -0.1) is 0 Å². The average Bonchev–Trinajstić information content (AvgIpc) is 3.74. The van der Waals surface area contributed by atoms with E-state index in [0.29, 0.717) is 25.8 Å². The van der Waals surface area contributed by atoms with Gasteiger partial charge in [-0.1, -0.05) is 50.3 Å². The molecule has 4 N–H and O–H groups in total. The summed E-state index contributed by atoms with van der Waals surface area (Å²) in [6, 6.07) is 6.48. The van der Waals surface area contributed by atoms with Crippen LogP contribution in [0.3, 0.4) is 0 Å². The third-order valence-corrected chi connectivity index (χ3v) is 7.62. The first-order valence-electron chi connectivity index (χ1n) is 16.0. The monoisotopic (exact) mass is 626 g/mol. The van der Waals surface area contributed by atoms with Crippen LogP contribution in [-0.4, -0.2) is 66.0 Å². The lowest BCUT2D eigenvalue weighted by molar-refractivity contribution is -0.135. The van der Waals surface area contributed by atoms with Gasteiger partial charge in [-0.05, 0) is 77.4 Å². The van der Waals surface area contributed by atoms with E-state index < -0.39 is 47.7 Å². The molecule has 45 heavy (non-hydrogen) atoms. The fourth-order valence-corrected chi connectivity index (χ4v) is 5.24. The predicted octanol–water partition coefficient (Wildman–Crippen LogP) is 3.56. The summed E-state index contributed by atoms with van der Waals surface area (Å²) in [6.07, 6.45) is 4.61. The lowest BCUT2D eigenvalue weighted by atomic mass is 9.96. The molecule has 2 aliphatic rings. The number of benzene rings is 1. The van der Waals surface area contributed by atoms with Crippen molar-refractivity contribution in [2.24, 2.45) is 17.8 Å². The summed E-state index contributed by atoms with van der Waals surface area (Å²) < 4.78 is 11.4. The second kappa shape index (κ2) is 16.5. The Morgan fingerprint density at radius 1 is 0.978 bits per heavy atom. The van der Waals surface area contributed by atoms with E-state index in [-0.39, 0.29) is 36.1 Å². The summed E-state index contributed by atoms with van der Waals surface area (Å²) in [4.78, 5) is 64.9. The molecule has 1 saturated heterocycles. The summed E-state index contributed by atoms with van der Waals surface area (Å²) in [5.41, 5.74) is 0.172. The van der Waals surface area contributed by atoms with E-state index in [4.69, 9.17) is 9.47 Å². The summed E-state index contributed by atoms with van der Waals surface area (Å²) in [7, 11) is 0. The lowest BCUT2D eigenvalue weighted by Gasteiger charge is -2.32. The number of carbonyl (C=O) groups is 5. The molecule has 0 spiro atoms. The number of allylic oxidation sites excluding steroid dienone is 1. The van der Waals surface area contributed by atoms with E-state index in [1.54, 1.807) is 13.0 Å². The van der Waals surface area contributed by atoms with Gasteiger partial charge in [0, 0.05) is 24.4 Å². The first kappa shape index (κ1) is 35.7. The van der Waals surface area contributed by atoms with Crippen LogP contribution in [0.5, 0.6) is 0 Å². The van der Waals surface area contributed by atoms with Gasteiger partial charge in [-0.2, -0.15) is 0 Å². The molecule has 1 saturated carbocycles. The number of amides is 4. The Labute approximate surface area is 266 Å². The molecule has 4 amide bonds. The zero-order chi connectivity index (χ0) is 33.1. The van der Waals surface area contributed by atoms with Crippen LogP contribution in [0.25, 0.3) is 0 Å². The van der Waals surface area contributed by atoms with Crippen LogP contribution in [0.2, 0.25) is 0 Å². The van der Waals surface area contributed by atoms with Gasteiger partial charge in [0.15, 0.2) is 5.78 Å². The van der Waals surface area contributed by atoms with Crippen LogP contribution in [0.15, 0.2) is 42.5 Å². The quantitative estimate of drug-likeness (QED) is 0.205. The zero-order valence-corrected chi connectivity index (χ0v) is 27.4. The van der Waals surface area contributed by atoms with Gasteiger partial charge in [-0.3, -0.25) is 19.2 Å². The number of alkyl carbamates (subject to hydrolysis) is 1. The lowest BCUT2D eigenvalue weighted by Crippen LogP contribution is -2.59. The Morgan fingerprint density at radius 2 is 1.67 bits per heavy atom. The molecule has 3 rings (SSSR count). The Morgan fingerprint density at radius 3 is 2.24 bits per heavy atom. The second-order valence-corrected chi connectivity index (χ2v) is 13.5. The molecule has 11 heteroatoms. The highest BCUT2D eigenvalue weighted by molar-refractivity contribution is 5.94. The van der Waals surface area contributed by atoms with Gasteiger partial charge in [0.2, 0.25) is 17.7 Å². The maximum absolute atomic E-state index is 13.7. The normalized spacial score (nSPS) is 19.4. The summed E-state index contributed by atoms with van der Waals surface area (Å²) >= 11 is 0. The molecular weight excluding hydrogens is 576 g/mol. The highest BCUT2D eigenvalue weighted by Crippen LogP contribution is 2.30. The molecule has 11 nitrogen and oxygen atoms in total. The highest BCUT2D eigenvalue weighted by atomic mass is 16.6. The van der Waals surface area contributed by atoms with Crippen LogP contribution in [0, 0.1) is 17.8 Å². The van der Waals surface area contributed by atoms with Crippen LogP contribution in [-0.2, 0) is 35.3 Å². The maximum Gasteiger partial charge on any atom is 0.408 e. The van der Waals surface area contributed by atoms with E-state index in [2.05, 4.69) is 21.3 Å². The van der Waals surface area contributed by atoms with Crippen molar-refractivity contribution in [1.29, 1.82) is 0 Å². The van der Waals surface area contributed by atoms with Crippen molar-refractivity contribution < 1.29 is 33.4 Å². The molecule has 0 aromatic heterocycles. The fourth-order valence-electron chi connectivity index (χ4n) is 5.24. The van der Waals surface area contributed by atoms with Crippen molar-refractivity contribution in [3.8, 4) is 0 Å². The van der Waals surface area contributed by atoms with Gasteiger partial charge in [-0.25, -0.2) is 4.79 Å². The van der Waals surface area contributed by atoms with Crippen LogP contribution in [0.4, 0.5) is 4.79 Å². The van der Waals surface area contributed by atoms with E-state index in [1.807, 2.05) is 65.0 Å². The number of hydrogen-bond donors (Lipinski definition) is 4. The number of ether oxygens (including phenoxy) is 2. The average molecular weight is 627 g/mol. The standard InChI is InChI=1S/C34H50N4O7/c1-21(2)18-27(31(41)36-26(14-15-28(39)24-12-13-24)19-25-16-17-35-30(25)40)37-32(42)29(22(3)45-34(4,5)6)38-33(43)44-20-23-10-8-7-9-11-23/h7-11,14-15,21-22,24-27,29H,12-13,16-20H2,1-6H3,(H,35,40)(H,36,41)(H,37,42)(H,38,43). The summed E-state index contributed by atoms with van der Waals surface area (Å²) in [6.45, 7) is 11.7. The van der Waals surface area contributed by atoms with Gasteiger partial charge in [0.05, 0.1) is 11.7 Å². The summed E-state index contributed by atoms with van der Waals surface area (Å²) in [5.74, 6) is -1.34. The maximum atomic E-state index is 13.7.